The Labute approximate surface area is 475 Å². The van der Waals surface area contributed by atoms with Crippen LogP contribution in [-0.4, -0.2) is 0 Å². The Kier molecular flexibility index (Phi) is 12.6. The van der Waals surface area contributed by atoms with Crippen LogP contribution >= 0.6 is 0 Å². The fourth-order valence-corrected chi connectivity index (χ4v) is 10.3. The monoisotopic (exact) mass is 1020 g/mol. The van der Waals surface area contributed by atoms with E-state index in [0.29, 0.717) is 45.0 Å². The van der Waals surface area contributed by atoms with Crippen LogP contribution in [-0.2, 0) is 21.7 Å². The molecular weight excluding hydrogens is 941 g/mol. The van der Waals surface area contributed by atoms with E-state index in [2.05, 4.69) is 172 Å². The van der Waals surface area contributed by atoms with Crippen molar-refractivity contribution in [1.82, 2.24) is 0 Å². The summed E-state index contributed by atoms with van der Waals surface area (Å²) >= 11 is 0. The zero-order valence-electron chi connectivity index (χ0n) is 53.5. The van der Waals surface area contributed by atoms with Crippen LogP contribution in [0.15, 0.2) is 236 Å². The molecule has 1 N–H and O–H groups in total. The van der Waals surface area contributed by atoms with Crippen molar-refractivity contribution in [2.75, 3.05) is 10.2 Å². The van der Waals surface area contributed by atoms with Crippen LogP contribution in [0.5, 0.6) is 0 Å². The van der Waals surface area contributed by atoms with Gasteiger partial charge >= 0.3 is 0 Å². The van der Waals surface area contributed by atoms with E-state index in [9.17, 15) is 8.22 Å². The molecule has 10 aromatic rings. The highest BCUT2D eigenvalue weighted by Gasteiger charge is 2.28. The molecule has 10 rings (SSSR count). The van der Waals surface area contributed by atoms with Crippen molar-refractivity contribution in [2.24, 2.45) is 0 Å². The predicted octanol–water partition coefficient (Wildman–Crippen LogP) is 22.1. The largest absolute Gasteiger partial charge is 0.354 e. The molecule has 0 saturated carbocycles. The Morgan fingerprint density at radius 3 is 1.19 bits per heavy atom. The molecule has 0 aromatic heterocycles. The second-order valence-electron chi connectivity index (χ2n) is 24.8. The Morgan fingerprint density at radius 1 is 0.321 bits per heavy atom. The lowest BCUT2D eigenvalue weighted by Gasteiger charge is -2.32. The van der Waals surface area contributed by atoms with E-state index in [-0.39, 0.29) is 57.9 Å². The Balaban J connectivity index is 1.36. The number of anilines is 5. The van der Waals surface area contributed by atoms with Crippen molar-refractivity contribution in [1.29, 1.82) is 0 Å². The molecular formula is C76H76N2. The molecule has 0 atom stereocenters. The summed E-state index contributed by atoms with van der Waals surface area (Å²) in [6.07, 6.45) is 0. The smallest absolute Gasteiger partial charge is 0.0630 e. The SMILES string of the molecule is [2H]c1c([2H])c(-c2ccccc2)c(Nc2cc(-c3ccc(C(C)(C)C)cc3C(C)(C)C)cc(N(c3ccc(-c4cc(C(C)(C)C)cc(C(C)(C)C)c4)cc3)c3c(-c4ccccc4)c([2H])c([2H])c([2H])c3-c3ccccc3)c2)c(-c2ccccc2)c1[2H]. The molecule has 0 bridgehead atoms. The molecule has 78 heavy (non-hydrogen) atoms. The van der Waals surface area contributed by atoms with Crippen molar-refractivity contribution in [3.8, 4) is 66.8 Å². The van der Waals surface area contributed by atoms with Crippen LogP contribution in [0.3, 0.4) is 0 Å². The van der Waals surface area contributed by atoms with Gasteiger partial charge < -0.3 is 10.2 Å². The quantitative estimate of drug-likeness (QED) is 0.139. The van der Waals surface area contributed by atoms with Gasteiger partial charge in [0.15, 0.2) is 0 Å². The zero-order chi connectivity index (χ0) is 60.2. The highest BCUT2D eigenvalue weighted by molar-refractivity contribution is 6.00. The van der Waals surface area contributed by atoms with Crippen LogP contribution in [0.1, 0.15) is 114 Å². The summed E-state index contributed by atoms with van der Waals surface area (Å²) in [6, 6.07) is 67.1. The summed E-state index contributed by atoms with van der Waals surface area (Å²) in [6.45, 7) is 27.0. The third-order valence-electron chi connectivity index (χ3n) is 14.8. The lowest BCUT2D eigenvalue weighted by atomic mass is 9.77. The van der Waals surface area contributed by atoms with E-state index in [1.807, 2.05) is 121 Å². The third kappa shape index (κ3) is 11.4. The van der Waals surface area contributed by atoms with Gasteiger partial charge in [0.25, 0.3) is 0 Å². The van der Waals surface area contributed by atoms with E-state index in [1.165, 1.54) is 16.7 Å². The lowest BCUT2D eigenvalue weighted by Crippen LogP contribution is -2.17. The van der Waals surface area contributed by atoms with Gasteiger partial charge in [0.1, 0.15) is 0 Å². The summed E-state index contributed by atoms with van der Waals surface area (Å²) in [5, 5.41) is 3.88. The standard InChI is InChI=1S/C76H76N2/c1-73(2,3)59-41-44-65(70(50-59)76(10,11)12)58-47-62(77-71-66(53-27-17-13-18-28-53)35-25-36-67(71)54-29-19-14-20-30-54)51-64(48-58)78(72-68(55-31-21-15-22-32-55)37-26-38-69(72)56-33-23-16-24-34-56)63-42-39-52(40-43-63)57-45-60(74(4,5)6)49-61(46-57)75(7,8)9/h13-51,77H,1-12H3/i25D,26D,35D,36D,37D,38D. The summed E-state index contributed by atoms with van der Waals surface area (Å²) in [7, 11) is 0. The minimum atomic E-state index is -0.316. The predicted molar refractivity (Wildman–Crippen MR) is 338 cm³/mol. The molecule has 0 heterocycles. The van der Waals surface area contributed by atoms with Gasteiger partial charge in [-0.05, 0) is 119 Å². The van der Waals surface area contributed by atoms with Gasteiger partial charge in [-0.3, -0.25) is 0 Å². The molecule has 10 aromatic carbocycles. The molecule has 0 fully saturated rings. The van der Waals surface area contributed by atoms with Crippen molar-refractivity contribution >= 4 is 28.4 Å². The second kappa shape index (κ2) is 21.3. The average Bonchev–Trinajstić information content (AvgIpc) is 1.27. The molecule has 0 unspecified atom stereocenters. The van der Waals surface area contributed by atoms with Crippen molar-refractivity contribution in [3.63, 3.8) is 0 Å². The molecule has 0 saturated heterocycles. The summed E-state index contributed by atoms with van der Waals surface area (Å²) < 4.78 is 58.1. The fraction of sp³-hybridized carbons (Fsp3) is 0.211. The van der Waals surface area contributed by atoms with Crippen LogP contribution in [0.4, 0.5) is 28.4 Å². The maximum atomic E-state index is 9.98. The Bertz CT molecular complexity index is 3890. The molecule has 0 aliphatic carbocycles. The first-order valence-electron chi connectivity index (χ1n) is 30.3. The number of para-hydroxylation sites is 2. The van der Waals surface area contributed by atoms with Crippen LogP contribution in [0.25, 0.3) is 66.8 Å². The minimum Gasteiger partial charge on any atom is -0.354 e. The first-order valence-corrected chi connectivity index (χ1v) is 27.3. The summed E-state index contributed by atoms with van der Waals surface area (Å²) in [4.78, 5) is 2.17. The molecule has 390 valence electrons. The van der Waals surface area contributed by atoms with E-state index in [0.717, 1.165) is 55.8 Å². The molecule has 0 radical (unpaired) electrons. The van der Waals surface area contributed by atoms with Gasteiger partial charge in [-0.1, -0.05) is 289 Å². The maximum absolute atomic E-state index is 9.98. The molecule has 0 aliphatic rings. The van der Waals surface area contributed by atoms with Crippen LogP contribution in [0.2, 0.25) is 0 Å². The minimum absolute atomic E-state index is 0.0663. The fourth-order valence-electron chi connectivity index (χ4n) is 10.3. The van der Waals surface area contributed by atoms with E-state index < -0.39 is 0 Å². The van der Waals surface area contributed by atoms with Gasteiger partial charge in [-0.15, -0.1) is 0 Å². The topological polar surface area (TPSA) is 15.3 Å². The van der Waals surface area contributed by atoms with Gasteiger partial charge in [-0.25, -0.2) is 0 Å². The third-order valence-corrected chi connectivity index (χ3v) is 14.8. The number of benzene rings is 10. The van der Waals surface area contributed by atoms with Crippen molar-refractivity contribution < 1.29 is 8.22 Å². The second-order valence-corrected chi connectivity index (χ2v) is 24.8. The number of nitrogens with one attached hydrogen (secondary N) is 1. The molecule has 2 nitrogen and oxygen atoms in total. The highest BCUT2D eigenvalue weighted by atomic mass is 15.1. The molecule has 0 aliphatic heterocycles. The number of rotatable bonds is 11. The zero-order valence-corrected chi connectivity index (χ0v) is 47.5. The van der Waals surface area contributed by atoms with Gasteiger partial charge in [0.2, 0.25) is 0 Å². The summed E-state index contributed by atoms with van der Waals surface area (Å²) in [5.74, 6) is 0. The van der Waals surface area contributed by atoms with Crippen molar-refractivity contribution in [3.05, 3.63) is 259 Å². The normalized spacial score (nSPS) is 13.2. The van der Waals surface area contributed by atoms with Gasteiger partial charge in [0, 0.05) is 39.3 Å². The Morgan fingerprint density at radius 2 is 0.756 bits per heavy atom. The molecule has 0 amide bonds. The van der Waals surface area contributed by atoms with Crippen LogP contribution in [0, 0.1) is 0 Å². The average molecular weight is 1020 g/mol. The van der Waals surface area contributed by atoms with Gasteiger partial charge in [0.05, 0.1) is 19.6 Å². The maximum Gasteiger partial charge on any atom is 0.0630 e. The first kappa shape index (κ1) is 45.9. The lowest BCUT2D eigenvalue weighted by molar-refractivity contribution is 0.568. The van der Waals surface area contributed by atoms with Crippen molar-refractivity contribution in [2.45, 2.75) is 105 Å². The molecule has 2 heteroatoms. The van der Waals surface area contributed by atoms with E-state index in [4.69, 9.17) is 0 Å². The highest BCUT2D eigenvalue weighted by Crippen LogP contribution is 2.50. The van der Waals surface area contributed by atoms with Crippen LogP contribution < -0.4 is 10.2 Å². The summed E-state index contributed by atoms with van der Waals surface area (Å²) in [5.41, 5.74) is 16.3. The Hall–Kier alpha value is -8.20. The number of nitrogens with zero attached hydrogens (tertiary/aromatic N) is 1. The number of hydrogen-bond donors (Lipinski definition) is 1. The first-order chi connectivity index (χ1) is 39.7. The van der Waals surface area contributed by atoms with E-state index in [1.54, 1.807) is 0 Å². The number of hydrogen-bond acceptors (Lipinski definition) is 2. The molecule has 0 spiro atoms. The van der Waals surface area contributed by atoms with E-state index >= 15 is 0 Å². The van der Waals surface area contributed by atoms with Gasteiger partial charge in [-0.2, -0.15) is 0 Å².